The predicted octanol–water partition coefficient (Wildman–Crippen LogP) is 2.85. The zero-order valence-electron chi connectivity index (χ0n) is 19.0. The summed E-state index contributed by atoms with van der Waals surface area (Å²) in [4.78, 5) is 14.6. The molecule has 2 aliphatic rings. The number of benzene rings is 1. The third kappa shape index (κ3) is 4.37. The number of piperidine rings is 1. The van der Waals surface area contributed by atoms with Crippen LogP contribution in [-0.2, 0) is 17.2 Å². The van der Waals surface area contributed by atoms with E-state index >= 15 is 0 Å². The van der Waals surface area contributed by atoms with Gasteiger partial charge in [0.05, 0.1) is 40.8 Å². The summed E-state index contributed by atoms with van der Waals surface area (Å²) in [6, 6.07) is 10.0. The van der Waals surface area contributed by atoms with Crippen LogP contribution in [0.15, 0.2) is 29.2 Å². The van der Waals surface area contributed by atoms with Gasteiger partial charge < -0.3 is 14.9 Å². The van der Waals surface area contributed by atoms with Crippen LogP contribution in [0.2, 0.25) is 0 Å². The molecule has 0 spiro atoms. The van der Waals surface area contributed by atoms with Crippen molar-refractivity contribution in [2.24, 2.45) is 5.92 Å². The summed E-state index contributed by atoms with van der Waals surface area (Å²) in [7, 11) is 0.826. The molecule has 0 saturated carbocycles. The molecule has 2 atom stereocenters. The van der Waals surface area contributed by atoms with Crippen molar-refractivity contribution < 1.29 is 9.32 Å². The molecule has 1 aromatic carbocycles. The first kappa shape index (κ1) is 22.7. The Labute approximate surface area is 192 Å². The van der Waals surface area contributed by atoms with Crippen LogP contribution in [0.1, 0.15) is 49.4 Å². The fraction of sp³-hybridized carbons (Fsp3) is 0.542. The van der Waals surface area contributed by atoms with E-state index in [0.717, 1.165) is 36.5 Å². The number of aromatic nitrogens is 2. The molecule has 0 aliphatic carbocycles. The molecule has 4 rings (SSSR count). The highest BCUT2D eigenvalue weighted by atomic mass is 32.2. The molecular formula is C24H31N5O2S. The maximum absolute atomic E-state index is 12.7. The lowest BCUT2D eigenvalue weighted by atomic mass is 9.89. The lowest BCUT2D eigenvalue weighted by Gasteiger charge is -2.35. The van der Waals surface area contributed by atoms with Crippen LogP contribution in [0.25, 0.3) is 0 Å². The lowest BCUT2D eigenvalue weighted by Crippen LogP contribution is -2.41. The average molecular weight is 454 g/mol. The molecule has 1 saturated heterocycles. The topological polar surface area (TPSA) is 93.3 Å². The van der Waals surface area contributed by atoms with Gasteiger partial charge in [-0.25, -0.2) is 4.98 Å². The van der Waals surface area contributed by atoms with E-state index in [1.54, 1.807) is 0 Å². The summed E-state index contributed by atoms with van der Waals surface area (Å²) in [5, 5.41) is 19.1. The van der Waals surface area contributed by atoms with Gasteiger partial charge in [0, 0.05) is 32.3 Å². The molecular weight excluding hydrogens is 422 g/mol. The van der Waals surface area contributed by atoms with E-state index in [-0.39, 0.29) is 18.6 Å². The fourth-order valence-corrected chi connectivity index (χ4v) is 6.14. The van der Waals surface area contributed by atoms with Crippen LogP contribution in [0.5, 0.6) is 0 Å². The standard InChI is InChI=1S/C24H31N5O2S/c1-16(2)21(15-30)28(3)23-22-20(9-12-32(22)31)26-24(27-23)29-10-7-18(8-11-29)19-6-4-5-17(13-19)14-25/h4-6,13,16,18,21,30H,7-12,15H2,1-3H3/t21-,32?/m0/s1. The summed E-state index contributed by atoms with van der Waals surface area (Å²) in [6.45, 7) is 5.83. The largest absolute Gasteiger partial charge is 0.394 e. The van der Waals surface area contributed by atoms with Gasteiger partial charge >= 0.3 is 0 Å². The summed E-state index contributed by atoms with van der Waals surface area (Å²) in [5.74, 6) is 2.61. The van der Waals surface area contributed by atoms with Crippen molar-refractivity contribution in [3.63, 3.8) is 0 Å². The Morgan fingerprint density at radius 1 is 1.31 bits per heavy atom. The van der Waals surface area contributed by atoms with Gasteiger partial charge in [0.2, 0.25) is 5.95 Å². The molecule has 32 heavy (non-hydrogen) atoms. The Hall–Kier alpha value is -2.50. The number of aliphatic hydroxyl groups excluding tert-OH is 1. The lowest BCUT2D eigenvalue weighted by molar-refractivity contribution is 0.233. The molecule has 1 fully saturated rings. The highest BCUT2D eigenvalue weighted by molar-refractivity contribution is 7.85. The Bertz CT molecular complexity index is 1040. The second-order valence-electron chi connectivity index (χ2n) is 9.03. The average Bonchev–Trinajstić information content (AvgIpc) is 3.19. The zero-order valence-corrected chi connectivity index (χ0v) is 19.8. The molecule has 8 heteroatoms. The number of rotatable bonds is 6. The van der Waals surface area contributed by atoms with Gasteiger partial charge in [0.15, 0.2) is 5.82 Å². The van der Waals surface area contributed by atoms with Gasteiger partial charge in [-0.15, -0.1) is 0 Å². The first-order valence-electron chi connectivity index (χ1n) is 11.3. The fourth-order valence-electron chi connectivity index (χ4n) is 4.76. The molecule has 1 N–H and O–H groups in total. The smallest absolute Gasteiger partial charge is 0.227 e. The van der Waals surface area contributed by atoms with Crippen LogP contribution in [0.4, 0.5) is 11.8 Å². The number of fused-ring (bicyclic) bond motifs is 1. The van der Waals surface area contributed by atoms with Gasteiger partial charge in [0.1, 0.15) is 4.90 Å². The first-order valence-corrected chi connectivity index (χ1v) is 12.6. The molecule has 0 radical (unpaired) electrons. The minimum atomic E-state index is -1.10. The highest BCUT2D eigenvalue weighted by Gasteiger charge is 2.32. The maximum atomic E-state index is 12.7. The van der Waals surface area contributed by atoms with E-state index in [1.807, 2.05) is 30.1 Å². The van der Waals surface area contributed by atoms with E-state index in [4.69, 9.17) is 9.97 Å². The Balaban J connectivity index is 1.58. The summed E-state index contributed by atoms with van der Waals surface area (Å²) >= 11 is 0. The van der Waals surface area contributed by atoms with Gasteiger partial charge in [-0.3, -0.25) is 4.21 Å². The summed E-state index contributed by atoms with van der Waals surface area (Å²) < 4.78 is 12.7. The highest BCUT2D eigenvalue weighted by Crippen LogP contribution is 2.35. The number of likely N-dealkylation sites (N-methyl/N-ethyl adjacent to an activating group) is 1. The van der Waals surface area contributed by atoms with Crippen LogP contribution < -0.4 is 9.80 Å². The van der Waals surface area contributed by atoms with Crippen molar-refractivity contribution >= 4 is 22.6 Å². The van der Waals surface area contributed by atoms with Gasteiger partial charge in [0.25, 0.3) is 0 Å². The van der Waals surface area contributed by atoms with Crippen molar-refractivity contribution in [2.45, 2.75) is 50.0 Å². The monoisotopic (exact) mass is 453 g/mol. The zero-order chi connectivity index (χ0) is 22.8. The van der Waals surface area contributed by atoms with Crippen LogP contribution in [-0.4, -0.2) is 57.8 Å². The quantitative estimate of drug-likeness (QED) is 0.719. The number of hydrogen-bond donors (Lipinski definition) is 1. The van der Waals surface area contributed by atoms with Crippen molar-refractivity contribution in [1.82, 2.24) is 9.97 Å². The molecule has 7 nitrogen and oxygen atoms in total. The molecule has 0 amide bonds. The van der Waals surface area contributed by atoms with E-state index in [1.165, 1.54) is 5.56 Å². The second-order valence-corrected chi connectivity index (χ2v) is 10.5. The maximum Gasteiger partial charge on any atom is 0.227 e. The van der Waals surface area contributed by atoms with Crippen molar-refractivity contribution in [2.75, 3.05) is 42.3 Å². The van der Waals surface area contributed by atoms with Gasteiger partial charge in [-0.2, -0.15) is 10.2 Å². The number of aryl methyl sites for hydroxylation is 1. The first-order chi connectivity index (χ1) is 15.4. The number of hydrogen-bond acceptors (Lipinski definition) is 7. The van der Waals surface area contributed by atoms with Gasteiger partial charge in [-0.05, 0) is 42.4 Å². The van der Waals surface area contributed by atoms with Crippen LogP contribution in [0, 0.1) is 17.2 Å². The van der Waals surface area contributed by atoms with E-state index in [9.17, 15) is 14.6 Å². The third-order valence-electron chi connectivity index (χ3n) is 6.71. The third-order valence-corrected chi connectivity index (χ3v) is 8.16. The van der Waals surface area contributed by atoms with Crippen molar-refractivity contribution in [1.29, 1.82) is 5.26 Å². The van der Waals surface area contributed by atoms with E-state index < -0.39 is 10.8 Å². The summed E-state index contributed by atoms with van der Waals surface area (Å²) in [5.41, 5.74) is 2.80. The Morgan fingerprint density at radius 2 is 2.06 bits per heavy atom. The Morgan fingerprint density at radius 3 is 2.72 bits per heavy atom. The SMILES string of the molecule is CC(C)[C@H](CO)N(C)c1nc(N2CCC(c3cccc(C#N)c3)CC2)nc2c1S(=O)CC2. The van der Waals surface area contributed by atoms with Crippen LogP contribution >= 0.6 is 0 Å². The molecule has 1 unspecified atom stereocenters. The molecule has 2 aliphatic heterocycles. The molecule has 0 bridgehead atoms. The minimum absolute atomic E-state index is 0.0159. The van der Waals surface area contributed by atoms with E-state index in [2.05, 4.69) is 30.9 Å². The number of anilines is 2. The van der Waals surface area contributed by atoms with Crippen LogP contribution in [0.3, 0.4) is 0 Å². The normalized spacial score (nSPS) is 19.6. The molecule has 1 aromatic heterocycles. The van der Waals surface area contributed by atoms with Gasteiger partial charge in [-0.1, -0.05) is 26.0 Å². The second kappa shape index (κ2) is 9.55. The number of nitriles is 1. The predicted molar refractivity (Wildman–Crippen MR) is 126 cm³/mol. The minimum Gasteiger partial charge on any atom is -0.394 e. The van der Waals surface area contributed by atoms with Crippen molar-refractivity contribution in [3.8, 4) is 6.07 Å². The molecule has 170 valence electrons. The van der Waals surface area contributed by atoms with Crippen molar-refractivity contribution in [3.05, 3.63) is 41.1 Å². The summed E-state index contributed by atoms with van der Waals surface area (Å²) in [6.07, 6.45) is 2.64. The van der Waals surface area contributed by atoms with E-state index in [0.29, 0.717) is 35.4 Å². The number of nitrogens with zero attached hydrogens (tertiary/aromatic N) is 5. The molecule has 2 aromatic rings. The Kier molecular flexibility index (Phi) is 6.77. The number of aliphatic hydroxyl groups is 1. The molecule has 3 heterocycles.